The van der Waals surface area contributed by atoms with E-state index in [9.17, 15) is 5.11 Å². The third kappa shape index (κ3) is 6.08. The van der Waals surface area contributed by atoms with Crippen molar-refractivity contribution in [3.8, 4) is 0 Å². The maximum atomic E-state index is 9.88. The second-order valence-electron chi connectivity index (χ2n) is 6.87. The van der Waals surface area contributed by atoms with Crippen LogP contribution >= 0.6 is 0 Å². The molecule has 1 saturated carbocycles. The van der Waals surface area contributed by atoms with Crippen molar-refractivity contribution >= 4 is 0 Å². The lowest BCUT2D eigenvalue weighted by molar-refractivity contribution is 0.0254. The zero-order valence-corrected chi connectivity index (χ0v) is 13.8. The Kier molecular flexibility index (Phi) is 8.03. The van der Waals surface area contributed by atoms with Gasteiger partial charge in [-0.25, -0.2) is 0 Å². The summed E-state index contributed by atoms with van der Waals surface area (Å²) >= 11 is 0. The molecule has 1 rings (SSSR count). The minimum Gasteiger partial charge on any atom is -0.389 e. The van der Waals surface area contributed by atoms with Crippen molar-refractivity contribution in [1.82, 2.24) is 10.2 Å². The van der Waals surface area contributed by atoms with Gasteiger partial charge in [0.05, 0.1) is 12.7 Å². The Hall–Kier alpha value is -0.160. The molecule has 0 spiro atoms. The number of aliphatic hydroxyl groups excluding tert-OH is 1. The van der Waals surface area contributed by atoms with E-state index in [0.29, 0.717) is 18.7 Å². The monoisotopic (exact) mass is 286 g/mol. The Morgan fingerprint density at radius 3 is 2.50 bits per heavy atom. The third-order valence-corrected chi connectivity index (χ3v) is 4.45. The lowest BCUT2D eigenvalue weighted by atomic mass is 9.75. The number of nitrogens with zero attached hydrogens (tertiary/aromatic N) is 1. The molecular weight excluding hydrogens is 252 g/mol. The molecule has 0 aromatic rings. The predicted molar refractivity (Wildman–Crippen MR) is 84.0 cm³/mol. The number of rotatable bonds is 11. The molecule has 1 fully saturated rings. The second-order valence-corrected chi connectivity index (χ2v) is 6.87. The highest BCUT2D eigenvalue weighted by atomic mass is 16.5. The van der Waals surface area contributed by atoms with Gasteiger partial charge in [0.1, 0.15) is 0 Å². The fourth-order valence-electron chi connectivity index (χ4n) is 2.71. The van der Waals surface area contributed by atoms with Gasteiger partial charge in [0, 0.05) is 25.2 Å². The topological polar surface area (TPSA) is 44.7 Å². The van der Waals surface area contributed by atoms with Gasteiger partial charge in [-0.2, -0.15) is 0 Å². The highest BCUT2D eigenvalue weighted by Gasteiger charge is 2.38. The van der Waals surface area contributed by atoms with Gasteiger partial charge < -0.3 is 20.1 Å². The molecule has 0 bridgehead atoms. The van der Waals surface area contributed by atoms with Crippen molar-refractivity contribution in [1.29, 1.82) is 0 Å². The number of ether oxygens (including phenoxy) is 1. The summed E-state index contributed by atoms with van der Waals surface area (Å²) < 4.78 is 5.52. The van der Waals surface area contributed by atoms with Crippen LogP contribution in [0.4, 0.5) is 0 Å². The van der Waals surface area contributed by atoms with E-state index in [1.807, 2.05) is 0 Å². The molecule has 1 unspecified atom stereocenters. The van der Waals surface area contributed by atoms with Gasteiger partial charge in [-0.05, 0) is 52.1 Å². The first-order valence-electron chi connectivity index (χ1n) is 8.10. The predicted octanol–water partition coefficient (Wildman–Crippen LogP) is 1.87. The molecule has 120 valence electrons. The SMILES string of the molecule is CC(C)CCCOCC(O)CNCC1(N(C)C)CCC1. The Morgan fingerprint density at radius 1 is 1.30 bits per heavy atom. The lowest BCUT2D eigenvalue weighted by Gasteiger charge is -2.47. The van der Waals surface area contributed by atoms with Crippen LogP contribution in [0.1, 0.15) is 46.0 Å². The summed E-state index contributed by atoms with van der Waals surface area (Å²) in [5, 5.41) is 13.3. The molecule has 0 heterocycles. The Labute approximate surface area is 124 Å². The number of aliphatic hydroxyl groups is 1. The van der Waals surface area contributed by atoms with E-state index >= 15 is 0 Å². The summed E-state index contributed by atoms with van der Waals surface area (Å²) in [7, 11) is 4.30. The van der Waals surface area contributed by atoms with Crippen LogP contribution in [-0.2, 0) is 4.74 Å². The zero-order valence-electron chi connectivity index (χ0n) is 13.8. The van der Waals surface area contributed by atoms with Crippen LogP contribution in [0.15, 0.2) is 0 Å². The summed E-state index contributed by atoms with van der Waals surface area (Å²) in [6.07, 6.45) is 5.72. The summed E-state index contributed by atoms with van der Waals surface area (Å²) in [6.45, 7) is 7.24. The molecule has 0 amide bonds. The van der Waals surface area contributed by atoms with Gasteiger partial charge >= 0.3 is 0 Å². The average Bonchev–Trinajstić information content (AvgIpc) is 2.31. The van der Waals surface area contributed by atoms with Gasteiger partial charge in [-0.3, -0.25) is 0 Å². The normalized spacial score (nSPS) is 19.4. The minimum atomic E-state index is -0.395. The summed E-state index contributed by atoms with van der Waals surface area (Å²) in [4.78, 5) is 2.32. The highest BCUT2D eigenvalue weighted by Crippen LogP contribution is 2.35. The number of hydrogen-bond acceptors (Lipinski definition) is 4. The van der Waals surface area contributed by atoms with E-state index in [4.69, 9.17) is 4.74 Å². The van der Waals surface area contributed by atoms with E-state index in [1.165, 1.54) is 25.7 Å². The fraction of sp³-hybridized carbons (Fsp3) is 1.00. The van der Waals surface area contributed by atoms with Crippen LogP contribution in [0, 0.1) is 5.92 Å². The lowest BCUT2D eigenvalue weighted by Crippen LogP contribution is -2.57. The molecule has 0 aromatic carbocycles. The van der Waals surface area contributed by atoms with Crippen LogP contribution in [0.5, 0.6) is 0 Å². The number of nitrogens with one attached hydrogen (secondary N) is 1. The second kappa shape index (κ2) is 8.98. The van der Waals surface area contributed by atoms with Crippen LogP contribution < -0.4 is 5.32 Å². The zero-order chi connectivity index (χ0) is 15.0. The molecule has 20 heavy (non-hydrogen) atoms. The third-order valence-electron chi connectivity index (χ3n) is 4.45. The molecule has 4 nitrogen and oxygen atoms in total. The molecule has 2 N–H and O–H groups in total. The fourth-order valence-corrected chi connectivity index (χ4v) is 2.71. The van der Waals surface area contributed by atoms with Crippen LogP contribution in [0.3, 0.4) is 0 Å². The number of likely N-dealkylation sites (N-methyl/N-ethyl adjacent to an activating group) is 1. The largest absolute Gasteiger partial charge is 0.389 e. The molecular formula is C16H34N2O2. The van der Waals surface area contributed by atoms with Gasteiger partial charge in [-0.1, -0.05) is 13.8 Å². The van der Waals surface area contributed by atoms with E-state index in [2.05, 4.69) is 38.2 Å². The molecule has 1 aliphatic rings. The Balaban J connectivity index is 2.01. The highest BCUT2D eigenvalue weighted by molar-refractivity contribution is 4.97. The van der Waals surface area contributed by atoms with E-state index < -0.39 is 6.10 Å². The Morgan fingerprint density at radius 2 is 2.00 bits per heavy atom. The maximum absolute atomic E-state index is 9.88. The first-order chi connectivity index (χ1) is 9.46. The van der Waals surface area contributed by atoms with E-state index in [-0.39, 0.29) is 0 Å². The van der Waals surface area contributed by atoms with Crippen molar-refractivity contribution in [2.75, 3.05) is 40.4 Å². The van der Waals surface area contributed by atoms with Gasteiger partial charge in [0.2, 0.25) is 0 Å². The average molecular weight is 286 g/mol. The van der Waals surface area contributed by atoms with E-state index in [0.717, 1.165) is 25.5 Å². The van der Waals surface area contributed by atoms with Crippen LogP contribution in [0.25, 0.3) is 0 Å². The Bertz CT molecular complexity index is 253. The molecule has 1 aliphatic carbocycles. The standard InChI is InChI=1S/C16H34N2O2/c1-14(2)7-5-10-20-12-15(19)11-17-13-16(18(3)4)8-6-9-16/h14-15,17,19H,5-13H2,1-4H3. The first-order valence-corrected chi connectivity index (χ1v) is 8.10. The molecule has 0 saturated heterocycles. The van der Waals surface area contributed by atoms with Crippen LogP contribution in [-0.4, -0.2) is 62.0 Å². The van der Waals surface area contributed by atoms with Crippen molar-refractivity contribution in [2.24, 2.45) is 5.92 Å². The van der Waals surface area contributed by atoms with Crippen molar-refractivity contribution in [3.05, 3.63) is 0 Å². The quantitative estimate of drug-likeness (QED) is 0.569. The molecule has 4 heteroatoms. The summed E-state index contributed by atoms with van der Waals surface area (Å²) in [5.74, 6) is 0.731. The maximum Gasteiger partial charge on any atom is 0.0897 e. The van der Waals surface area contributed by atoms with Crippen LogP contribution in [0.2, 0.25) is 0 Å². The van der Waals surface area contributed by atoms with E-state index in [1.54, 1.807) is 0 Å². The van der Waals surface area contributed by atoms with Crippen molar-refractivity contribution in [3.63, 3.8) is 0 Å². The minimum absolute atomic E-state index is 0.317. The van der Waals surface area contributed by atoms with Crippen molar-refractivity contribution < 1.29 is 9.84 Å². The summed E-state index contributed by atoms with van der Waals surface area (Å²) in [5.41, 5.74) is 0.317. The first kappa shape index (κ1) is 17.9. The van der Waals surface area contributed by atoms with Gasteiger partial charge in [0.15, 0.2) is 0 Å². The van der Waals surface area contributed by atoms with Crippen molar-refractivity contribution in [2.45, 2.75) is 57.6 Å². The molecule has 0 aliphatic heterocycles. The number of hydrogen-bond donors (Lipinski definition) is 2. The molecule has 0 radical (unpaired) electrons. The van der Waals surface area contributed by atoms with Gasteiger partial charge in [0.25, 0.3) is 0 Å². The summed E-state index contributed by atoms with van der Waals surface area (Å²) in [6, 6.07) is 0. The molecule has 0 aromatic heterocycles. The molecule has 1 atom stereocenters. The smallest absolute Gasteiger partial charge is 0.0897 e. The van der Waals surface area contributed by atoms with Gasteiger partial charge in [-0.15, -0.1) is 0 Å².